The summed E-state index contributed by atoms with van der Waals surface area (Å²) in [6.45, 7) is 0. The van der Waals surface area contributed by atoms with Gasteiger partial charge in [0.05, 0.1) is 33.8 Å². The van der Waals surface area contributed by atoms with Gasteiger partial charge < -0.3 is 11.1 Å². The molecule has 0 bridgehead atoms. The molecular formula is C13H10ClIN4. The molecule has 96 valence electrons. The quantitative estimate of drug-likeness (QED) is 0.459. The molecule has 4 N–H and O–H groups in total. The van der Waals surface area contributed by atoms with Crippen molar-refractivity contribution >= 4 is 62.2 Å². The van der Waals surface area contributed by atoms with E-state index in [-0.39, 0.29) is 0 Å². The second kappa shape index (κ2) is 4.90. The van der Waals surface area contributed by atoms with E-state index in [1.54, 1.807) is 6.20 Å². The van der Waals surface area contributed by atoms with Gasteiger partial charge in [-0.25, -0.2) is 0 Å². The first-order valence-corrected chi connectivity index (χ1v) is 7.04. The fraction of sp³-hybridized carbons (Fsp3) is 0. The summed E-state index contributed by atoms with van der Waals surface area (Å²) in [7, 11) is 0. The summed E-state index contributed by atoms with van der Waals surface area (Å²) in [6, 6.07) is 9.61. The maximum Gasteiger partial charge on any atom is 0.0672 e. The zero-order chi connectivity index (χ0) is 13.4. The summed E-state index contributed by atoms with van der Waals surface area (Å²) < 4.78 is 1.09. The van der Waals surface area contributed by atoms with Crippen LogP contribution < -0.4 is 11.1 Å². The SMILES string of the molecule is Nc1cc2cn[nH]c2cc1Nc1ccc(I)cc1Cl. The van der Waals surface area contributed by atoms with Crippen molar-refractivity contribution in [1.29, 1.82) is 0 Å². The highest BCUT2D eigenvalue weighted by Gasteiger charge is 2.06. The summed E-state index contributed by atoms with van der Waals surface area (Å²) >= 11 is 8.42. The Morgan fingerprint density at radius 1 is 1.21 bits per heavy atom. The average molecular weight is 385 g/mol. The summed E-state index contributed by atoms with van der Waals surface area (Å²) in [6.07, 6.45) is 1.74. The van der Waals surface area contributed by atoms with Crippen LogP contribution in [0.2, 0.25) is 5.02 Å². The Kier molecular flexibility index (Phi) is 3.24. The first-order chi connectivity index (χ1) is 9.13. The minimum absolute atomic E-state index is 0.656. The van der Waals surface area contributed by atoms with E-state index in [9.17, 15) is 0 Å². The molecule has 0 saturated heterocycles. The molecule has 0 aliphatic carbocycles. The van der Waals surface area contributed by atoms with Crippen LogP contribution in [0, 0.1) is 3.57 Å². The van der Waals surface area contributed by atoms with Crippen molar-refractivity contribution in [1.82, 2.24) is 10.2 Å². The Labute approximate surface area is 128 Å². The molecule has 0 atom stereocenters. The number of rotatable bonds is 2. The molecule has 6 heteroatoms. The van der Waals surface area contributed by atoms with Crippen molar-refractivity contribution in [2.45, 2.75) is 0 Å². The number of aromatic nitrogens is 2. The Balaban J connectivity index is 2.02. The molecule has 0 aliphatic heterocycles. The van der Waals surface area contributed by atoms with E-state index in [0.29, 0.717) is 10.7 Å². The minimum atomic E-state index is 0.656. The Morgan fingerprint density at radius 2 is 2.05 bits per heavy atom. The largest absolute Gasteiger partial charge is 0.397 e. The Hall–Kier alpha value is -1.47. The number of nitrogens with zero attached hydrogens (tertiary/aromatic N) is 1. The van der Waals surface area contributed by atoms with Crippen LogP contribution in [0.3, 0.4) is 0 Å². The molecular weight excluding hydrogens is 375 g/mol. The van der Waals surface area contributed by atoms with Crippen molar-refractivity contribution in [3.05, 3.63) is 45.1 Å². The normalized spacial score (nSPS) is 10.8. The van der Waals surface area contributed by atoms with Crippen molar-refractivity contribution in [3.63, 3.8) is 0 Å². The van der Waals surface area contributed by atoms with E-state index in [4.69, 9.17) is 17.3 Å². The monoisotopic (exact) mass is 384 g/mol. The number of halogens is 2. The number of nitrogens with one attached hydrogen (secondary N) is 2. The van der Waals surface area contributed by atoms with Gasteiger partial charge in [-0.2, -0.15) is 5.10 Å². The molecule has 1 aromatic heterocycles. The van der Waals surface area contributed by atoms with E-state index in [0.717, 1.165) is 25.8 Å². The predicted molar refractivity (Wildman–Crippen MR) is 88.0 cm³/mol. The van der Waals surface area contributed by atoms with Crippen molar-refractivity contribution in [3.8, 4) is 0 Å². The zero-order valence-electron chi connectivity index (χ0n) is 9.74. The topological polar surface area (TPSA) is 66.7 Å². The zero-order valence-corrected chi connectivity index (χ0v) is 12.7. The second-order valence-corrected chi connectivity index (χ2v) is 5.80. The number of anilines is 3. The van der Waals surface area contributed by atoms with E-state index in [1.165, 1.54) is 0 Å². The number of hydrogen-bond acceptors (Lipinski definition) is 3. The van der Waals surface area contributed by atoms with Gasteiger partial charge in [0, 0.05) is 8.96 Å². The molecule has 1 heterocycles. The Bertz CT molecular complexity index is 753. The lowest BCUT2D eigenvalue weighted by atomic mass is 10.2. The maximum atomic E-state index is 6.20. The summed E-state index contributed by atoms with van der Waals surface area (Å²) in [5.74, 6) is 0. The molecule has 0 fully saturated rings. The van der Waals surface area contributed by atoms with Crippen LogP contribution in [-0.2, 0) is 0 Å². The third-order valence-electron chi connectivity index (χ3n) is 2.81. The van der Waals surface area contributed by atoms with E-state index >= 15 is 0 Å². The number of fused-ring (bicyclic) bond motifs is 1. The van der Waals surface area contributed by atoms with Crippen LogP contribution in [0.4, 0.5) is 17.1 Å². The lowest BCUT2D eigenvalue weighted by Crippen LogP contribution is -1.97. The van der Waals surface area contributed by atoms with Crippen molar-refractivity contribution in [2.24, 2.45) is 0 Å². The fourth-order valence-electron chi connectivity index (χ4n) is 1.85. The van der Waals surface area contributed by atoms with Gasteiger partial charge >= 0.3 is 0 Å². The summed E-state index contributed by atoms with van der Waals surface area (Å²) in [5, 5.41) is 11.8. The van der Waals surface area contributed by atoms with Crippen LogP contribution >= 0.6 is 34.2 Å². The van der Waals surface area contributed by atoms with Gasteiger partial charge in [0.15, 0.2) is 0 Å². The van der Waals surface area contributed by atoms with Gasteiger partial charge in [-0.15, -0.1) is 0 Å². The van der Waals surface area contributed by atoms with Gasteiger partial charge in [-0.05, 0) is 52.9 Å². The van der Waals surface area contributed by atoms with Gasteiger partial charge in [0.2, 0.25) is 0 Å². The molecule has 0 spiro atoms. The van der Waals surface area contributed by atoms with Gasteiger partial charge in [0.25, 0.3) is 0 Å². The molecule has 0 unspecified atom stereocenters. The molecule has 19 heavy (non-hydrogen) atoms. The van der Waals surface area contributed by atoms with Crippen molar-refractivity contribution in [2.75, 3.05) is 11.1 Å². The lowest BCUT2D eigenvalue weighted by molar-refractivity contribution is 1.12. The smallest absolute Gasteiger partial charge is 0.0672 e. The van der Waals surface area contributed by atoms with Crippen LogP contribution in [0.5, 0.6) is 0 Å². The third kappa shape index (κ3) is 2.48. The fourth-order valence-corrected chi connectivity index (χ4v) is 2.76. The van der Waals surface area contributed by atoms with Crippen LogP contribution in [0.15, 0.2) is 36.5 Å². The van der Waals surface area contributed by atoms with Crippen molar-refractivity contribution < 1.29 is 0 Å². The molecule has 4 nitrogen and oxygen atoms in total. The van der Waals surface area contributed by atoms with Crippen LogP contribution in [0.25, 0.3) is 10.9 Å². The standard InChI is InChI=1S/C13H10ClIN4/c14-9-4-8(15)1-2-11(9)18-13-5-12-7(3-10(13)16)6-17-19-12/h1-6,18H,16H2,(H,17,19). The highest BCUT2D eigenvalue weighted by atomic mass is 127. The van der Waals surface area contributed by atoms with Crippen LogP contribution in [0.1, 0.15) is 0 Å². The number of nitrogen functional groups attached to an aromatic ring is 1. The first kappa shape index (κ1) is 12.6. The van der Waals surface area contributed by atoms with E-state index < -0.39 is 0 Å². The highest BCUT2D eigenvalue weighted by molar-refractivity contribution is 14.1. The number of aromatic amines is 1. The highest BCUT2D eigenvalue weighted by Crippen LogP contribution is 2.31. The second-order valence-electron chi connectivity index (χ2n) is 4.15. The van der Waals surface area contributed by atoms with Gasteiger partial charge in [-0.3, -0.25) is 5.10 Å². The Morgan fingerprint density at radius 3 is 2.84 bits per heavy atom. The molecule has 0 amide bonds. The molecule has 2 aromatic carbocycles. The minimum Gasteiger partial charge on any atom is -0.397 e. The number of H-pyrrole nitrogens is 1. The lowest BCUT2D eigenvalue weighted by Gasteiger charge is -2.11. The van der Waals surface area contributed by atoms with Gasteiger partial charge in [-0.1, -0.05) is 11.6 Å². The molecule has 3 aromatic rings. The molecule has 3 rings (SSSR count). The maximum absolute atomic E-state index is 6.20. The van der Waals surface area contributed by atoms with E-state index in [2.05, 4.69) is 38.1 Å². The molecule has 0 radical (unpaired) electrons. The molecule has 0 saturated carbocycles. The average Bonchev–Trinajstić information content (AvgIpc) is 2.80. The number of nitrogens with two attached hydrogens (primary N) is 1. The summed E-state index contributed by atoms with van der Waals surface area (Å²) in [4.78, 5) is 0. The third-order valence-corrected chi connectivity index (χ3v) is 3.79. The van der Waals surface area contributed by atoms with E-state index in [1.807, 2.05) is 30.3 Å². The van der Waals surface area contributed by atoms with Crippen LogP contribution in [-0.4, -0.2) is 10.2 Å². The summed E-state index contributed by atoms with van der Waals surface area (Å²) in [5.41, 5.74) is 9.24. The predicted octanol–water partition coefficient (Wildman–Crippen LogP) is 4.15. The number of benzene rings is 2. The number of hydrogen-bond donors (Lipinski definition) is 3. The van der Waals surface area contributed by atoms with Gasteiger partial charge in [0.1, 0.15) is 0 Å². The molecule has 0 aliphatic rings. The first-order valence-electron chi connectivity index (χ1n) is 5.58.